The van der Waals surface area contributed by atoms with Gasteiger partial charge in [-0.25, -0.2) is 0 Å². The van der Waals surface area contributed by atoms with Crippen LogP contribution in [0.5, 0.6) is 11.5 Å². The van der Waals surface area contributed by atoms with Gasteiger partial charge < -0.3 is 20.1 Å². The van der Waals surface area contributed by atoms with Gasteiger partial charge in [-0.15, -0.1) is 0 Å². The number of carbonyl (C=O) groups excluding carboxylic acids is 2. The van der Waals surface area contributed by atoms with Crippen molar-refractivity contribution in [1.29, 1.82) is 0 Å². The predicted octanol–water partition coefficient (Wildman–Crippen LogP) is 2.55. The van der Waals surface area contributed by atoms with Crippen LogP contribution in [0.4, 0.5) is 0 Å². The maximum absolute atomic E-state index is 12.1. The zero-order valence-electron chi connectivity index (χ0n) is 14.7. The molecule has 2 aromatic rings. The smallest absolute Gasteiger partial charge is 0.252 e. The van der Waals surface area contributed by atoms with Gasteiger partial charge in [-0.05, 0) is 45.8 Å². The molecule has 0 radical (unpaired) electrons. The average molecular weight is 421 g/mol. The molecule has 26 heavy (non-hydrogen) atoms. The van der Waals surface area contributed by atoms with Crippen LogP contribution in [-0.4, -0.2) is 39.1 Å². The Morgan fingerprint density at radius 3 is 2.35 bits per heavy atom. The van der Waals surface area contributed by atoms with E-state index in [2.05, 4.69) is 26.6 Å². The first-order valence-electron chi connectivity index (χ1n) is 8.05. The number of rotatable bonds is 8. The number of methoxy groups -OCH3 is 2. The summed E-state index contributed by atoms with van der Waals surface area (Å²) in [5, 5.41) is 5.55. The van der Waals surface area contributed by atoms with E-state index in [9.17, 15) is 9.59 Å². The molecule has 0 aliphatic heterocycles. The number of benzene rings is 2. The molecular formula is C19H21BrN2O4. The van der Waals surface area contributed by atoms with Crippen LogP contribution in [0.3, 0.4) is 0 Å². The molecule has 6 nitrogen and oxygen atoms in total. The summed E-state index contributed by atoms with van der Waals surface area (Å²) in [6, 6.07) is 12.5. The van der Waals surface area contributed by atoms with Crippen molar-refractivity contribution < 1.29 is 19.1 Å². The van der Waals surface area contributed by atoms with Crippen molar-refractivity contribution in [1.82, 2.24) is 10.6 Å². The third kappa shape index (κ3) is 5.49. The van der Waals surface area contributed by atoms with Crippen LogP contribution in [0.25, 0.3) is 0 Å². The van der Waals surface area contributed by atoms with Crippen molar-refractivity contribution >= 4 is 27.7 Å². The largest absolute Gasteiger partial charge is 0.493 e. The second-order valence-electron chi connectivity index (χ2n) is 5.45. The second kappa shape index (κ2) is 9.82. The minimum absolute atomic E-state index is 0.132. The normalized spacial score (nSPS) is 10.1. The molecule has 0 aromatic heterocycles. The summed E-state index contributed by atoms with van der Waals surface area (Å²) < 4.78 is 11.1. The first-order chi connectivity index (χ1) is 12.5. The molecule has 2 amide bonds. The third-order valence-corrected chi connectivity index (χ3v) is 4.36. The van der Waals surface area contributed by atoms with Crippen molar-refractivity contribution in [2.45, 2.75) is 6.42 Å². The molecule has 0 spiro atoms. The molecule has 138 valence electrons. The van der Waals surface area contributed by atoms with Crippen LogP contribution in [0.15, 0.2) is 46.9 Å². The average Bonchev–Trinajstić information content (AvgIpc) is 2.65. The third-order valence-electron chi connectivity index (χ3n) is 3.66. The van der Waals surface area contributed by atoms with E-state index in [4.69, 9.17) is 9.47 Å². The van der Waals surface area contributed by atoms with Crippen LogP contribution >= 0.6 is 15.9 Å². The Balaban J connectivity index is 1.77. The van der Waals surface area contributed by atoms with Gasteiger partial charge in [-0.1, -0.05) is 18.2 Å². The number of hydrogen-bond donors (Lipinski definition) is 2. The minimum atomic E-state index is -0.188. The van der Waals surface area contributed by atoms with Gasteiger partial charge >= 0.3 is 0 Å². The summed E-state index contributed by atoms with van der Waals surface area (Å²) in [6.07, 6.45) is 0.221. The van der Waals surface area contributed by atoms with Crippen molar-refractivity contribution in [3.05, 3.63) is 58.1 Å². The topological polar surface area (TPSA) is 76.7 Å². The summed E-state index contributed by atoms with van der Waals surface area (Å²) in [4.78, 5) is 24.1. The zero-order chi connectivity index (χ0) is 18.9. The summed E-state index contributed by atoms with van der Waals surface area (Å²) in [7, 11) is 3.11. The van der Waals surface area contributed by atoms with E-state index in [1.54, 1.807) is 44.6 Å². The standard InChI is InChI=1S/C19H21BrN2O4/c1-25-16-8-7-13(11-17(16)26-2)12-18(23)21-9-10-22-19(24)14-5-3-4-6-15(14)20/h3-8,11H,9-10,12H2,1-2H3,(H,21,23)(H,22,24). The van der Waals surface area contributed by atoms with Gasteiger partial charge in [0.05, 0.1) is 26.2 Å². The SMILES string of the molecule is COc1ccc(CC(=O)NCCNC(=O)c2ccccc2Br)cc1OC. The molecule has 0 atom stereocenters. The highest BCUT2D eigenvalue weighted by molar-refractivity contribution is 9.10. The van der Waals surface area contributed by atoms with E-state index in [1.807, 2.05) is 12.1 Å². The van der Waals surface area contributed by atoms with E-state index in [0.29, 0.717) is 30.2 Å². The fourth-order valence-electron chi connectivity index (χ4n) is 2.36. The first kappa shape index (κ1) is 19.8. The summed E-state index contributed by atoms with van der Waals surface area (Å²) in [5.41, 5.74) is 1.38. The Labute approximate surface area is 161 Å². The van der Waals surface area contributed by atoms with Gasteiger partial charge in [0, 0.05) is 17.6 Å². The predicted molar refractivity (Wildman–Crippen MR) is 103 cm³/mol. The van der Waals surface area contributed by atoms with E-state index >= 15 is 0 Å². The highest BCUT2D eigenvalue weighted by Crippen LogP contribution is 2.27. The fraction of sp³-hybridized carbons (Fsp3) is 0.263. The van der Waals surface area contributed by atoms with Crippen LogP contribution in [0.1, 0.15) is 15.9 Å². The van der Waals surface area contributed by atoms with Gasteiger partial charge in [0.15, 0.2) is 11.5 Å². The van der Waals surface area contributed by atoms with Crippen molar-refractivity contribution in [2.75, 3.05) is 27.3 Å². The Bertz CT molecular complexity index is 780. The highest BCUT2D eigenvalue weighted by atomic mass is 79.9. The van der Waals surface area contributed by atoms with E-state index in [-0.39, 0.29) is 18.2 Å². The number of amides is 2. The molecule has 0 saturated heterocycles. The zero-order valence-corrected chi connectivity index (χ0v) is 16.3. The van der Waals surface area contributed by atoms with Gasteiger partial charge in [0.1, 0.15) is 0 Å². The number of halogens is 1. The van der Waals surface area contributed by atoms with Crippen molar-refractivity contribution in [3.8, 4) is 11.5 Å². The quantitative estimate of drug-likeness (QED) is 0.643. The van der Waals surface area contributed by atoms with Crippen LogP contribution in [0, 0.1) is 0 Å². The summed E-state index contributed by atoms with van der Waals surface area (Å²) in [5.74, 6) is 0.879. The molecule has 2 N–H and O–H groups in total. The Kier molecular flexibility index (Phi) is 7.47. The highest BCUT2D eigenvalue weighted by Gasteiger charge is 2.10. The summed E-state index contributed by atoms with van der Waals surface area (Å²) >= 11 is 3.34. The van der Waals surface area contributed by atoms with Crippen molar-refractivity contribution in [2.24, 2.45) is 0 Å². The Morgan fingerprint density at radius 1 is 0.962 bits per heavy atom. The van der Waals surface area contributed by atoms with Crippen LogP contribution < -0.4 is 20.1 Å². The molecule has 0 aliphatic rings. The number of hydrogen-bond acceptors (Lipinski definition) is 4. The lowest BCUT2D eigenvalue weighted by molar-refractivity contribution is -0.120. The maximum Gasteiger partial charge on any atom is 0.252 e. The maximum atomic E-state index is 12.1. The number of carbonyl (C=O) groups is 2. The van der Waals surface area contributed by atoms with Gasteiger partial charge in [-0.3, -0.25) is 9.59 Å². The lowest BCUT2D eigenvalue weighted by atomic mass is 10.1. The minimum Gasteiger partial charge on any atom is -0.493 e. The monoisotopic (exact) mass is 420 g/mol. The molecule has 0 bridgehead atoms. The van der Waals surface area contributed by atoms with E-state index in [0.717, 1.165) is 10.0 Å². The molecule has 0 unspecified atom stereocenters. The Morgan fingerprint density at radius 2 is 1.65 bits per heavy atom. The molecule has 0 saturated carbocycles. The number of ether oxygens (including phenoxy) is 2. The molecule has 7 heteroatoms. The molecule has 2 rings (SSSR count). The van der Waals surface area contributed by atoms with Crippen LogP contribution in [-0.2, 0) is 11.2 Å². The second-order valence-corrected chi connectivity index (χ2v) is 6.31. The van der Waals surface area contributed by atoms with E-state index in [1.165, 1.54) is 0 Å². The number of nitrogens with one attached hydrogen (secondary N) is 2. The molecule has 0 fully saturated rings. The summed E-state index contributed by atoms with van der Waals surface area (Å²) in [6.45, 7) is 0.695. The van der Waals surface area contributed by atoms with Gasteiger partial charge in [-0.2, -0.15) is 0 Å². The van der Waals surface area contributed by atoms with Crippen LogP contribution in [0.2, 0.25) is 0 Å². The Hall–Kier alpha value is -2.54. The first-order valence-corrected chi connectivity index (χ1v) is 8.84. The molecule has 0 aliphatic carbocycles. The van der Waals surface area contributed by atoms with Crippen molar-refractivity contribution in [3.63, 3.8) is 0 Å². The lowest BCUT2D eigenvalue weighted by Crippen LogP contribution is -2.35. The molecule has 0 heterocycles. The molecular weight excluding hydrogens is 400 g/mol. The van der Waals surface area contributed by atoms with E-state index < -0.39 is 0 Å². The molecule has 2 aromatic carbocycles. The van der Waals surface area contributed by atoms with Gasteiger partial charge in [0.25, 0.3) is 5.91 Å². The lowest BCUT2D eigenvalue weighted by Gasteiger charge is -2.10. The fourth-order valence-corrected chi connectivity index (χ4v) is 2.82. The van der Waals surface area contributed by atoms with Gasteiger partial charge in [0.2, 0.25) is 5.91 Å².